The summed E-state index contributed by atoms with van der Waals surface area (Å²) in [5.74, 6) is -0.220. The minimum absolute atomic E-state index is 0.0623. The maximum absolute atomic E-state index is 12.9. The zero-order valence-corrected chi connectivity index (χ0v) is 8.13. The third-order valence-corrected chi connectivity index (χ3v) is 1.96. The predicted molar refractivity (Wildman–Crippen MR) is 54.7 cm³/mol. The van der Waals surface area contributed by atoms with Crippen LogP contribution in [0.2, 0.25) is 0 Å². The Labute approximate surface area is 82.7 Å². The molecule has 0 aliphatic heterocycles. The van der Waals surface area contributed by atoms with Crippen LogP contribution in [0.4, 0.5) is 10.1 Å². The highest BCUT2D eigenvalue weighted by Gasteiger charge is 2.01. The van der Waals surface area contributed by atoms with Gasteiger partial charge in [0.2, 0.25) is 0 Å². The van der Waals surface area contributed by atoms with Crippen LogP contribution in [0.15, 0.2) is 18.2 Å². The van der Waals surface area contributed by atoms with Crippen molar-refractivity contribution in [1.29, 1.82) is 0 Å². The van der Waals surface area contributed by atoms with Gasteiger partial charge < -0.3 is 16.2 Å². The van der Waals surface area contributed by atoms with Crippen LogP contribution >= 0.6 is 0 Å². The minimum Gasteiger partial charge on any atom is -0.395 e. The summed E-state index contributed by atoms with van der Waals surface area (Å²) < 4.78 is 12.9. The third-order valence-electron chi connectivity index (χ3n) is 1.96. The lowest BCUT2D eigenvalue weighted by molar-refractivity contribution is 0.270. The number of aryl methyl sites for hydroxylation is 1. The number of aliphatic hydroxyl groups excluding tert-OH is 1. The molecule has 0 spiro atoms. The topological polar surface area (TPSA) is 58.3 Å². The molecular formula is C10H15FN2O. The molecular weight excluding hydrogens is 183 g/mol. The Morgan fingerprint density at radius 3 is 2.86 bits per heavy atom. The lowest BCUT2D eigenvalue weighted by Crippen LogP contribution is -2.32. The van der Waals surface area contributed by atoms with Gasteiger partial charge in [-0.15, -0.1) is 0 Å². The maximum atomic E-state index is 12.9. The molecule has 1 aromatic rings. The number of hydrogen-bond acceptors (Lipinski definition) is 3. The Balaban J connectivity index is 2.55. The van der Waals surface area contributed by atoms with E-state index in [9.17, 15) is 4.39 Å². The fourth-order valence-corrected chi connectivity index (χ4v) is 1.07. The maximum Gasteiger partial charge on any atom is 0.126 e. The molecule has 0 saturated heterocycles. The first kappa shape index (κ1) is 10.9. The number of nitrogens with one attached hydrogen (secondary N) is 1. The SMILES string of the molecule is Cc1cc(NCC(N)CO)ccc1F. The van der Waals surface area contributed by atoms with Crippen molar-refractivity contribution in [2.24, 2.45) is 5.73 Å². The molecule has 0 aromatic heterocycles. The van der Waals surface area contributed by atoms with Gasteiger partial charge in [-0.2, -0.15) is 0 Å². The molecule has 0 radical (unpaired) electrons. The molecule has 0 amide bonds. The molecule has 1 atom stereocenters. The molecule has 1 rings (SSSR count). The minimum atomic E-state index is -0.291. The summed E-state index contributed by atoms with van der Waals surface area (Å²) in [5.41, 5.74) is 6.91. The molecule has 0 heterocycles. The van der Waals surface area contributed by atoms with Crippen molar-refractivity contribution in [1.82, 2.24) is 0 Å². The second-order valence-corrected chi connectivity index (χ2v) is 3.29. The van der Waals surface area contributed by atoms with Gasteiger partial charge in [0.05, 0.1) is 6.61 Å². The van der Waals surface area contributed by atoms with Crippen LogP contribution in [0, 0.1) is 12.7 Å². The zero-order valence-electron chi connectivity index (χ0n) is 8.13. The molecule has 0 bridgehead atoms. The van der Waals surface area contributed by atoms with Crippen LogP contribution in [-0.2, 0) is 0 Å². The molecule has 4 heteroatoms. The van der Waals surface area contributed by atoms with Gasteiger partial charge >= 0.3 is 0 Å². The molecule has 1 unspecified atom stereocenters. The van der Waals surface area contributed by atoms with E-state index < -0.39 is 0 Å². The molecule has 4 N–H and O–H groups in total. The third kappa shape index (κ3) is 2.97. The summed E-state index contributed by atoms with van der Waals surface area (Å²) in [7, 11) is 0. The number of benzene rings is 1. The van der Waals surface area contributed by atoms with Gasteiger partial charge in [0.1, 0.15) is 5.82 Å². The molecule has 3 nitrogen and oxygen atoms in total. The summed E-state index contributed by atoms with van der Waals surface area (Å²) in [5, 5.41) is 11.7. The largest absolute Gasteiger partial charge is 0.395 e. The van der Waals surface area contributed by atoms with E-state index in [4.69, 9.17) is 10.8 Å². The molecule has 0 saturated carbocycles. The van der Waals surface area contributed by atoms with Crippen molar-refractivity contribution in [3.05, 3.63) is 29.6 Å². The van der Waals surface area contributed by atoms with E-state index in [0.717, 1.165) is 5.69 Å². The van der Waals surface area contributed by atoms with Gasteiger partial charge in [-0.05, 0) is 30.7 Å². The van der Waals surface area contributed by atoms with E-state index in [0.29, 0.717) is 12.1 Å². The van der Waals surface area contributed by atoms with Gasteiger partial charge in [-0.3, -0.25) is 0 Å². The van der Waals surface area contributed by atoms with Crippen molar-refractivity contribution in [2.75, 3.05) is 18.5 Å². The highest BCUT2D eigenvalue weighted by atomic mass is 19.1. The first-order valence-corrected chi connectivity index (χ1v) is 4.50. The Hall–Kier alpha value is -1.13. The number of aliphatic hydroxyl groups is 1. The quantitative estimate of drug-likeness (QED) is 0.672. The van der Waals surface area contributed by atoms with Crippen LogP contribution in [0.5, 0.6) is 0 Å². The highest BCUT2D eigenvalue weighted by Crippen LogP contribution is 2.13. The number of rotatable bonds is 4. The molecule has 0 aliphatic carbocycles. The average Bonchev–Trinajstić information content (AvgIpc) is 2.19. The number of nitrogens with two attached hydrogens (primary N) is 1. The van der Waals surface area contributed by atoms with E-state index in [1.807, 2.05) is 0 Å². The van der Waals surface area contributed by atoms with E-state index in [1.165, 1.54) is 6.07 Å². The van der Waals surface area contributed by atoms with Crippen LogP contribution in [0.1, 0.15) is 5.56 Å². The van der Waals surface area contributed by atoms with Gasteiger partial charge in [-0.1, -0.05) is 0 Å². The molecule has 1 aromatic carbocycles. The van der Waals surface area contributed by atoms with Crippen LogP contribution in [0.3, 0.4) is 0 Å². The highest BCUT2D eigenvalue weighted by molar-refractivity contribution is 5.45. The summed E-state index contributed by atoms with van der Waals surface area (Å²) in [6.45, 7) is 2.11. The summed E-state index contributed by atoms with van der Waals surface area (Å²) in [6.07, 6.45) is 0. The Kier molecular flexibility index (Phi) is 3.85. The van der Waals surface area contributed by atoms with Gasteiger partial charge in [-0.25, -0.2) is 4.39 Å². The molecule has 0 aliphatic rings. The van der Waals surface area contributed by atoms with E-state index in [1.54, 1.807) is 19.1 Å². The average molecular weight is 198 g/mol. The molecule has 14 heavy (non-hydrogen) atoms. The van der Waals surface area contributed by atoms with Crippen LogP contribution in [0.25, 0.3) is 0 Å². The van der Waals surface area contributed by atoms with Crippen molar-refractivity contribution in [3.63, 3.8) is 0 Å². The zero-order chi connectivity index (χ0) is 10.6. The van der Waals surface area contributed by atoms with E-state index in [-0.39, 0.29) is 18.5 Å². The summed E-state index contributed by atoms with van der Waals surface area (Å²) in [4.78, 5) is 0. The second-order valence-electron chi connectivity index (χ2n) is 3.29. The lowest BCUT2D eigenvalue weighted by Gasteiger charge is -2.11. The summed E-state index contributed by atoms with van der Waals surface area (Å²) in [6, 6.07) is 4.47. The predicted octanol–water partition coefficient (Wildman–Crippen LogP) is 0.866. The Morgan fingerprint density at radius 1 is 1.57 bits per heavy atom. The normalized spacial score (nSPS) is 12.6. The second kappa shape index (κ2) is 4.93. The fraction of sp³-hybridized carbons (Fsp3) is 0.400. The van der Waals surface area contributed by atoms with Gasteiger partial charge in [0, 0.05) is 18.3 Å². The van der Waals surface area contributed by atoms with Crippen molar-refractivity contribution >= 4 is 5.69 Å². The van der Waals surface area contributed by atoms with Crippen molar-refractivity contribution in [3.8, 4) is 0 Å². The van der Waals surface area contributed by atoms with E-state index >= 15 is 0 Å². The smallest absolute Gasteiger partial charge is 0.126 e. The van der Waals surface area contributed by atoms with Gasteiger partial charge in [0.15, 0.2) is 0 Å². The van der Waals surface area contributed by atoms with Crippen molar-refractivity contribution < 1.29 is 9.50 Å². The first-order valence-electron chi connectivity index (χ1n) is 4.50. The Morgan fingerprint density at radius 2 is 2.29 bits per heavy atom. The number of halogens is 1. The molecule has 78 valence electrons. The van der Waals surface area contributed by atoms with Crippen LogP contribution < -0.4 is 11.1 Å². The van der Waals surface area contributed by atoms with Gasteiger partial charge in [0.25, 0.3) is 0 Å². The van der Waals surface area contributed by atoms with E-state index in [2.05, 4.69) is 5.32 Å². The number of hydrogen-bond donors (Lipinski definition) is 3. The Bertz CT molecular complexity index is 304. The standard InChI is InChI=1S/C10H15FN2O/c1-7-4-9(2-3-10(7)11)13-5-8(12)6-14/h2-4,8,13-14H,5-6,12H2,1H3. The number of anilines is 1. The fourth-order valence-electron chi connectivity index (χ4n) is 1.07. The van der Waals surface area contributed by atoms with Crippen LogP contribution in [-0.4, -0.2) is 24.3 Å². The lowest BCUT2D eigenvalue weighted by atomic mass is 10.2. The summed E-state index contributed by atoms with van der Waals surface area (Å²) >= 11 is 0. The van der Waals surface area contributed by atoms with Crippen molar-refractivity contribution in [2.45, 2.75) is 13.0 Å². The monoisotopic (exact) mass is 198 g/mol. The first-order chi connectivity index (χ1) is 6.63. The molecule has 0 fully saturated rings.